The Labute approximate surface area is 318 Å². The third-order valence-electron chi connectivity index (χ3n) is 12.0. The highest BCUT2D eigenvalue weighted by Crippen LogP contribution is 2.50. The average molecular weight is 695 g/mol. The SMILES string of the molecule is CN1C(c2cc(-c3ccc4ccccc4c3)ccc2-c2ccc3ccccc3c2)=CC(c2ccc3c(c2)C(C)(C)c2ccccc2-3)NC1c1ccccc1. The third-order valence-corrected chi connectivity index (χ3v) is 12.0. The minimum atomic E-state index is -0.0732. The first-order valence-electron chi connectivity index (χ1n) is 19.1. The van der Waals surface area contributed by atoms with Crippen molar-refractivity contribution in [2.24, 2.45) is 0 Å². The first kappa shape index (κ1) is 32.4. The summed E-state index contributed by atoms with van der Waals surface area (Å²) in [7, 11) is 2.24. The number of nitrogens with zero attached hydrogens (tertiary/aromatic N) is 1. The van der Waals surface area contributed by atoms with E-state index in [1.54, 1.807) is 0 Å². The van der Waals surface area contributed by atoms with E-state index in [4.69, 9.17) is 0 Å². The van der Waals surface area contributed by atoms with Crippen molar-refractivity contribution in [3.05, 3.63) is 210 Å². The fourth-order valence-electron chi connectivity index (χ4n) is 9.00. The summed E-state index contributed by atoms with van der Waals surface area (Å²) in [6.07, 6.45) is 2.42. The highest BCUT2D eigenvalue weighted by molar-refractivity contribution is 5.93. The summed E-state index contributed by atoms with van der Waals surface area (Å²) in [5, 5.41) is 9.07. The van der Waals surface area contributed by atoms with Crippen molar-refractivity contribution in [2.45, 2.75) is 31.5 Å². The van der Waals surface area contributed by atoms with Crippen molar-refractivity contribution >= 4 is 27.2 Å². The summed E-state index contributed by atoms with van der Waals surface area (Å²) in [6.45, 7) is 4.73. The van der Waals surface area contributed by atoms with Crippen LogP contribution in [0.5, 0.6) is 0 Å². The van der Waals surface area contributed by atoms with Crippen molar-refractivity contribution in [3.8, 4) is 33.4 Å². The first-order valence-corrected chi connectivity index (χ1v) is 19.1. The van der Waals surface area contributed by atoms with E-state index >= 15 is 0 Å². The van der Waals surface area contributed by atoms with Gasteiger partial charge >= 0.3 is 0 Å². The molecule has 0 saturated carbocycles. The van der Waals surface area contributed by atoms with Gasteiger partial charge < -0.3 is 4.90 Å². The molecular formula is C52H42N2. The molecule has 2 heteroatoms. The number of rotatable bonds is 5. The Morgan fingerprint density at radius 1 is 0.444 bits per heavy atom. The summed E-state index contributed by atoms with van der Waals surface area (Å²) in [4.78, 5) is 2.43. The quantitative estimate of drug-likeness (QED) is 0.193. The molecule has 10 rings (SSSR count). The Bertz CT molecular complexity index is 2760. The normalized spacial score (nSPS) is 17.3. The highest BCUT2D eigenvalue weighted by atomic mass is 15.3. The smallest absolute Gasteiger partial charge is 0.106 e. The number of fused-ring (bicyclic) bond motifs is 5. The van der Waals surface area contributed by atoms with Crippen LogP contribution in [0.2, 0.25) is 0 Å². The molecule has 1 aliphatic heterocycles. The van der Waals surface area contributed by atoms with Crippen molar-refractivity contribution in [3.63, 3.8) is 0 Å². The lowest BCUT2D eigenvalue weighted by atomic mass is 9.81. The average Bonchev–Trinajstić information content (AvgIpc) is 3.46. The fourth-order valence-corrected chi connectivity index (χ4v) is 9.00. The number of benzene rings is 8. The Morgan fingerprint density at radius 3 is 1.78 bits per heavy atom. The van der Waals surface area contributed by atoms with Gasteiger partial charge in [-0.15, -0.1) is 0 Å². The van der Waals surface area contributed by atoms with E-state index in [1.807, 2.05) is 0 Å². The van der Waals surface area contributed by atoms with Gasteiger partial charge in [-0.25, -0.2) is 0 Å². The molecule has 0 bridgehead atoms. The molecule has 1 N–H and O–H groups in total. The van der Waals surface area contributed by atoms with Crippen molar-refractivity contribution < 1.29 is 0 Å². The molecule has 1 heterocycles. The largest absolute Gasteiger partial charge is 0.355 e. The van der Waals surface area contributed by atoms with Crippen LogP contribution in [-0.4, -0.2) is 11.9 Å². The molecule has 0 amide bonds. The summed E-state index contributed by atoms with van der Waals surface area (Å²) in [6, 6.07) is 65.0. The van der Waals surface area contributed by atoms with E-state index in [1.165, 1.54) is 88.4 Å². The second-order valence-corrected chi connectivity index (χ2v) is 15.5. The summed E-state index contributed by atoms with van der Waals surface area (Å²) < 4.78 is 0. The van der Waals surface area contributed by atoms with Gasteiger partial charge in [0.15, 0.2) is 0 Å². The van der Waals surface area contributed by atoms with Gasteiger partial charge in [0.2, 0.25) is 0 Å². The maximum atomic E-state index is 4.07. The standard InChI is InChI=1S/C52H42N2/c1-52(2)47-20-12-11-19-44(47)45-28-26-42(32-48(45)52)49-33-50(54(3)51(53-49)36-15-5-4-6-16-36)46-31-40(39-23-21-34-13-7-9-17-37(34)29-39)25-27-43(46)41-24-22-35-14-8-10-18-38(35)30-41/h4-33,49,51,53H,1-3H3. The molecule has 0 saturated heterocycles. The van der Waals surface area contributed by atoms with Gasteiger partial charge in [-0.1, -0.05) is 172 Å². The highest BCUT2D eigenvalue weighted by Gasteiger charge is 2.37. The van der Waals surface area contributed by atoms with E-state index < -0.39 is 0 Å². The molecule has 2 atom stereocenters. The molecule has 0 spiro atoms. The zero-order valence-electron chi connectivity index (χ0n) is 30.9. The summed E-state index contributed by atoms with van der Waals surface area (Å²) in [5.74, 6) is 0. The lowest BCUT2D eigenvalue weighted by molar-refractivity contribution is 0.263. The van der Waals surface area contributed by atoms with Crippen LogP contribution < -0.4 is 5.32 Å². The van der Waals surface area contributed by atoms with E-state index in [0.717, 1.165) is 0 Å². The first-order chi connectivity index (χ1) is 26.4. The number of nitrogens with one attached hydrogen (secondary N) is 1. The van der Waals surface area contributed by atoms with Crippen molar-refractivity contribution in [1.82, 2.24) is 10.2 Å². The lowest BCUT2D eigenvalue weighted by Gasteiger charge is -2.41. The molecule has 8 aromatic carbocycles. The van der Waals surface area contributed by atoms with E-state index in [9.17, 15) is 0 Å². The van der Waals surface area contributed by atoms with Gasteiger partial charge in [0.25, 0.3) is 0 Å². The van der Waals surface area contributed by atoms with Crippen LogP contribution in [0.25, 0.3) is 60.6 Å². The van der Waals surface area contributed by atoms with Gasteiger partial charge in [0.05, 0.1) is 6.04 Å². The lowest BCUT2D eigenvalue weighted by Crippen LogP contribution is -2.41. The zero-order valence-corrected chi connectivity index (χ0v) is 30.9. The van der Waals surface area contributed by atoms with Crippen LogP contribution in [-0.2, 0) is 5.41 Å². The van der Waals surface area contributed by atoms with Gasteiger partial charge in [-0.05, 0) is 101 Å². The van der Waals surface area contributed by atoms with Gasteiger partial charge in [0, 0.05) is 23.7 Å². The molecule has 2 aliphatic rings. The van der Waals surface area contributed by atoms with E-state index in [0.29, 0.717) is 0 Å². The molecule has 0 aromatic heterocycles. The van der Waals surface area contributed by atoms with Gasteiger partial charge in [0.1, 0.15) is 6.17 Å². The summed E-state index contributed by atoms with van der Waals surface area (Å²) >= 11 is 0. The Kier molecular flexibility index (Phi) is 7.64. The molecule has 54 heavy (non-hydrogen) atoms. The van der Waals surface area contributed by atoms with Crippen LogP contribution >= 0.6 is 0 Å². The predicted molar refractivity (Wildman–Crippen MR) is 227 cm³/mol. The van der Waals surface area contributed by atoms with Gasteiger partial charge in [-0.2, -0.15) is 0 Å². The second-order valence-electron chi connectivity index (χ2n) is 15.5. The third kappa shape index (κ3) is 5.37. The molecule has 2 nitrogen and oxygen atoms in total. The summed E-state index contributed by atoms with van der Waals surface area (Å²) in [5.41, 5.74) is 15.2. The van der Waals surface area contributed by atoms with Crippen molar-refractivity contribution in [1.29, 1.82) is 0 Å². The van der Waals surface area contributed by atoms with Crippen LogP contribution in [0.4, 0.5) is 0 Å². The van der Waals surface area contributed by atoms with E-state index in [2.05, 4.69) is 213 Å². The second kappa shape index (κ2) is 12.7. The molecule has 0 fully saturated rings. The minimum absolute atomic E-state index is 0.0139. The molecule has 8 aromatic rings. The molecule has 1 aliphatic carbocycles. The van der Waals surface area contributed by atoms with Crippen LogP contribution in [0, 0.1) is 0 Å². The molecule has 0 radical (unpaired) electrons. The fraction of sp³-hybridized carbons (Fsp3) is 0.115. The van der Waals surface area contributed by atoms with Crippen molar-refractivity contribution in [2.75, 3.05) is 7.05 Å². The van der Waals surface area contributed by atoms with Crippen LogP contribution in [0.3, 0.4) is 0 Å². The van der Waals surface area contributed by atoms with Crippen LogP contribution in [0.1, 0.15) is 53.9 Å². The van der Waals surface area contributed by atoms with E-state index in [-0.39, 0.29) is 17.6 Å². The zero-order chi connectivity index (χ0) is 36.4. The van der Waals surface area contributed by atoms with Crippen LogP contribution in [0.15, 0.2) is 182 Å². The number of hydrogen-bond donors (Lipinski definition) is 1. The molecule has 2 unspecified atom stereocenters. The molecular weight excluding hydrogens is 653 g/mol. The Hall–Kier alpha value is -6.22. The Balaban J connectivity index is 1.17. The minimum Gasteiger partial charge on any atom is -0.355 e. The maximum Gasteiger partial charge on any atom is 0.106 e. The molecule has 260 valence electrons. The topological polar surface area (TPSA) is 15.3 Å². The maximum absolute atomic E-state index is 4.07. The number of hydrogen-bond acceptors (Lipinski definition) is 2. The Morgan fingerprint density at radius 2 is 1.02 bits per heavy atom. The monoisotopic (exact) mass is 694 g/mol. The van der Waals surface area contributed by atoms with Gasteiger partial charge in [-0.3, -0.25) is 5.32 Å². The predicted octanol–water partition coefficient (Wildman–Crippen LogP) is 12.9.